The van der Waals surface area contributed by atoms with E-state index in [0.29, 0.717) is 0 Å². The van der Waals surface area contributed by atoms with Gasteiger partial charge in [-0.2, -0.15) is 0 Å². The van der Waals surface area contributed by atoms with Gasteiger partial charge in [0.15, 0.2) is 0 Å². The highest BCUT2D eigenvalue weighted by Crippen LogP contribution is 1.99. The van der Waals surface area contributed by atoms with Crippen LogP contribution in [0.25, 0.3) is 0 Å². The molecule has 1 aliphatic rings. The van der Waals surface area contributed by atoms with Crippen molar-refractivity contribution in [3.8, 4) is 0 Å². The summed E-state index contributed by atoms with van der Waals surface area (Å²) in [6.07, 6.45) is 9.00. The molecule has 0 bridgehead atoms. The zero-order valence-electron chi connectivity index (χ0n) is 5.54. The van der Waals surface area contributed by atoms with Crippen LogP contribution < -0.4 is 10.8 Å². The highest BCUT2D eigenvalue weighted by atomic mass is 16.5. The molecule has 3 heteroatoms. The predicted molar refractivity (Wildman–Crippen MR) is 39.3 cm³/mol. The Morgan fingerprint density at radius 2 is 2.60 bits per heavy atom. The average Bonchev–Trinajstić information content (AvgIpc) is 2.41. The first-order chi connectivity index (χ1) is 4.93. The standard InChI is InChI=1S/C7H10N2O/c10-9-4-1-2-7-3-5-8-6-7/h1-5,8-10H,6H2/b4-1-,7-2-. The van der Waals surface area contributed by atoms with E-state index in [9.17, 15) is 0 Å². The van der Waals surface area contributed by atoms with Crippen LogP contribution in [-0.4, -0.2) is 11.8 Å². The summed E-state index contributed by atoms with van der Waals surface area (Å²) in [5.41, 5.74) is 3.12. The Morgan fingerprint density at radius 1 is 1.70 bits per heavy atom. The van der Waals surface area contributed by atoms with Gasteiger partial charge in [0.1, 0.15) is 0 Å². The molecular weight excluding hydrogens is 128 g/mol. The van der Waals surface area contributed by atoms with Crippen molar-refractivity contribution < 1.29 is 5.21 Å². The minimum absolute atomic E-state index is 0.871. The maximum atomic E-state index is 8.14. The second kappa shape index (κ2) is 3.74. The molecule has 0 unspecified atom stereocenters. The minimum Gasteiger partial charge on any atom is -0.387 e. The van der Waals surface area contributed by atoms with Crippen molar-refractivity contribution in [2.24, 2.45) is 0 Å². The van der Waals surface area contributed by atoms with E-state index in [2.05, 4.69) is 5.32 Å². The van der Waals surface area contributed by atoms with Crippen molar-refractivity contribution in [1.29, 1.82) is 0 Å². The van der Waals surface area contributed by atoms with Gasteiger partial charge in [-0.05, 0) is 23.9 Å². The summed E-state index contributed by atoms with van der Waals surface area (Å²) < 4.78 is 0. The van der Waals surface area contributed by atoms with E-state index < -0.39 is 0 Å². The van der Waals surface area contributed by atoms with Gasteiger partial charge in [0.2, 0.25) is 0 Å². The largest absolute Gasteiger partial charge is 0.387 e. The fourth-order valence-electron chi connectivity index (χ4n) is 0.731. The van der Waals surface area contributed by atoms with Gasteiger partial charge in [-0.15, -0.1) is 0 Å². The summed E-state index contributed by atoms with van der Waals surface area (Å²) in [5, 5.41) is 11.2. The topological polar surface area (TPSA) is 44.3 Å². The van der Waals surface area contributed by atoms with E-state index in [-0.39, 0.29) is 0 Å². The van der Waals surface area contributed by atoms with Gasteiger partial charge < -0.3 is 5.32 Å². The zero-order valence-corrected chi connectivity index (χ0v) is 5.54. The van der Waals surface area contributed by atoms with Gasteiger partial charge in [0, 0.05) is 12.7 Å². The Hall–Kier alpha value is -1.22. The van der Waals surface area contributed by atoms with Gasteiger partial charge in [0.05, 0.1) is 0 Å². The van der Waals surface area contributed by atoms with Gasteiger partial charge in [-0.3, -0.25) is 10.7 Å². The van der Waals surface area contributed by atoms with Crippen LogP contribution in [0.15, 0.2) is 36.2 Å². The Bertz CT molecular complexity index is 182. The molecule has 54 valence electrons. The number of hydroxylamine groups is 1. The molecule has 0 aliphatic carbocycles. The third-order valence-electron chi connectivity index (χ3n) is 1.20. The first kappa shape index (κ1) is 6.89. The summed E-state index contributed by atoms with van der Waals surface area (Å²) in [6.45, 7) is 0.871. The molecule has 0 aromatic rings. The van der Waals surface area contributed by atoms with Crippen molar-refractivity contribution in [1.82, 2.24) is 10.8 Å². The lowest BCUT2D eigenvalue weighted by Crippen LogP contribution is -1.99. The normalized spacial score (nSPS) is 20.3. The SMILES string of the molecule is ON/C=C\C=C1\C=CNC1. The lowest BCUT2D eigenvalue weighted by Gasteiger charge is -1.88. The lowest BCUT2D eigenvalue weighted by atomic mass is 10.3. The van der Waals surface area contributed by atoms with Gasteiger partial charge in [0.25, 0.3) is 0 Å². The fraction of sp³-hybridized carbons (Fsp3) is 0.143. The first-order valence-corrected chi connectivity index (χ1v) is 3.09. The number of allylic oxidation sites excluding steroid dienone is 2. The second-order valence-corrected chi connectivity index (χ2v) is 1.94. The molecule has 0 amide bonds. The van der Waals surface area contributed by atoms with Gasteiger partial charge in [-0.25, -0.2) is 0 Å². The summed E-state index contributed by atoms with van der Waals surface area (Å²) >= 11 is 0. The van der Waals surface area contributed by atoms with Crippen molar-refractivity contribution in [2.45, 2.75) is 0 Å². The molecule has 1 heterocycles. The fourth-order valence-corrected chi connectivity index (χ4v) is 0.731. The van der Waals surface area contributed by atoms with Crippen LogP contribution >= 0.6 is 0 Å². The Balaban J connectivity index is 2.39. The van der Waals surface area contributed by atoms with Gasteiger partial charge in [-0.1, -0.05) is 6.08 Å². The Labute approximate surface area is 59.7 Å². The quantitative estimate of drug-likeness (QED) is 0.487. The number of hydrogen-bond donors (Lipinski definition) is 3. The summed E-state index contributed by atoms with van der Waals surface area (Å²) in [5.74, 6) is 0. The Kier molecular flexibility index (Phi) is 2.58. The summed E-state index contributed by atoms with van der Waals surface area (Å²) in [7, 11) is 0. The number of rotatable bonds is 2. The molecule has 10 heavy (non-hydrogen) atoms. The highest BCUT2D eigenvalue weighted by molar-refractivity contribution is 5.28. The van der Waals surface area contributed by atoms with Crippen LogP contribution in [0.3, 0.4) is 0 Å². The molecule has 0 aromatic carbocycles. The van der Waals surface area contributed by atoms with E-state index in [1.807, 2.05) is 23.8 Å². The molecule has 0 atom stereocenters. The predicted octanol–water partition coefficient (Wildman–Crippen LogP) is 0.522. The molecule has 3 nitrogen and oxygen atoms in total. The molecular formula is C7H10N2O. The molecule has 0 fully saturated rings. The molecule has 3 N–H and O–H groups in total. The molecule has 0 radical (unpaired) electrons. The molecule has 1 rings (SSSR count). The van der Waals surface area contributed by atoms with Crippen LogP contribution in [0.4, 0.5) is 0 Å². The maximum absolute atomic E-state index is 8.14. The molecule has 0 saturated carbocycles. The number of hydrogen-bond acceptors (Lipinski definition) is 3. The lowest BCUT2D eigenvalue weighted by molar-refractivity contribution is 0.214. The maximum Gasteiger partial charge on any atom is 0.0395 e. The minimum atomic E-state index is 0.871. The Morgan fingerprint density at radius 3 is 3.20 bits per heavy atom. The van der Waals surface area contributed by atoms with Gasteiger partial charge >= 0.3 is 0 Å². The van der Waals surface area contributed by atoms with Crippen LogP contribution in [-0.2, 0) is 0 Å². The van der Waals surface area contributed by atoms with Crippen molar-refractivity contribution in [3.63, 3.8) is 0 Å². The molecule has 1 aliphatic heterocycles. The van der Waals surface area contributed by atoms with Crippen LogP contribution in [0.2, 0.25) is 0 Å². The first-order valence-electron chi connectivity index (χ1n) is 3.09. The van der Waals surface area contributed by atoms with Crippen molar-refractivity contribution >= 4 is 0 Å². The van der Waals surface area contributed by atoms with E-state index in [1.54, 1.807) is 6.08 Å². The summed E-state index contributed by atoms with van der Waals surface area (Å²) in [6, 6.07) is 0. The third kappa shape index (κ3) is 1.95. The second-order valence-electron chi connectivity index (χ2n) is 1.94. The van der Waals surface area contributed by atoms with Crippen LogP contribution in [0.5, 0.6) is 0 Å². The molecule has 0 aromatic heterocycles. The smallest absolute Gasteiger partial charge is 0.0395 e. The summed E-state index contributed by atoms with van der Waals surface area (Å²) in [4.78, 5) is 0. The molecule has 0 saturated heterocycles. The van der Waals surface area contributed by atoms with E-state index in [0.717, 1.165) is 6.54 Å². The highest BCUT2D eigenvalue weighted by Gasteiger charge is 1.93. The van der Waals surface area contributed by atoms with E-state index in [4.69, 9.17) is 5.21 Å². The van der Waals surface area contributed by atoms with E-state index in [1.165, 1.54) is 11.8 Å². The third-order valence-corrected chi connectivity index (χ3v) is 1.20. The van der Waals surface area contributed by atoms with Crippen molar-refractivity contribution in [2.75, 3.05) is 6.54 Å². The van der Waals surface area contributed by atoms with E-state index >= 15 is 0 Å². The zero-order chi connectivity index (χ0) is 7.23. The monoisotopic (exact) mass is 138 g/mol. The number of nitrogens with one attached hydrogen (secondary N) is 2. The van der Waals surface area contributed by atoms with Crippen LogP contribution in [0.1, 0.15) is 0 Å². The average molecular weight is 138 g/mol. The van der Waals surface area contributed by atoms with Crippen LogP contribution in [0, 0.1) is 0 Å². The van der Waals surface area contributed by atoms with Crippen molar-refractivity contribution in [3.05, 3.63) is 36.2 Å². The molecule has 0 spiro atoms.